The molecule has 0 spiro atoms. The largest absolute Gasteiger partial charge is 0.0966 e. The van der Waals surface area contributed by atoms with Crippen LogP contribution in [0.3, 0.4) is 0 Å². The van der Waals surface area contributed by atoms with E-state index in [2.05, 4.69) is 77.5 Å². The Morgan fingerprint density at radius 2 is 1.08 bits per heavy atom. The maximum Gasteiger partial charge on any atom is -0.00848 e. The molecule has 0 bridgehead atoms. The Balaban J connectivity index is 0.00000139. The van der Waals surface area contributed by atoms with E-state index in [1.54, 1.807) is 0 Å². The fourth-order valence-corrected chi connectivity index (χ4v) is 2.96. The van der Waals surface area contributed by atoms with Crippen molar-refractivity contribution in [2.75, 3.05) is 5.83 Å². The van der Waals surface area contributed by atoms with Gasteiger partial charge in [-0.25, -0.2) is 0 Å². The SMILES string of the molecule is CBr.CCCCCCCCCCc1ccc(-c2ccccc2)cc1. The molecular weight excluding hydrogens is 356 g/mol. The molecule has 0 saturated carbocycles. The zero-order valence-corrected chi connectivity index (χ0v) is 17.0. The molecule has 0 N–H and O–H groups in total. The van der Waals surface area contributed by atoms with E-state index in [-0.39, 0.29) is 0 Å². The zero-order chi connectivity index (χ0) is 17.5. The molecule has 2 aromatic carbocycles. The minimum Gasteiger partial charge on any atom is -0.0966 e. The van der Waals surface area contributed by atoms with Crippen LogP contribution in [0.25, 0.3) is 11.1 Å². The summed E-state index contributed by atoms with van der Waals surface area (Å²) in [6, 6.07) is 19.7. The maximum absolute atomic E-state index is 2.94. The van der Waals surface area contributed by atoms with Crippen LogP contribution in [0.1, 0.15) is 63.9 Å². The van der Waals surface area contributed by atoms with Crippen molar-refractivity contribution < 1.29 is 0 Å². The van der Waals surface area contributed by atoms with Crippen molar-refractivity contribution in [3.63, 3.8) is 0 Å². The van der Waals surface area contributed by atoms with E-state index < -0.39 is 0 Å². The second-order valence-corrected chi connectivity index (χ2v) is 6.29. The van der Waals surface area contributed by atoms with Crippen LogP contribution in [0, 0.1) is 0 Å². The van der Waals surface area contributed by atoms with E-state index >= 15 is 0 Å². The molecule has 132 valence electrons. The van der Waals surface area contributed by atoms with Gasteiger partial charge < -0.3 is 0 Å². The molecule has 0 radical (unpaired) electrons. The number of unbranched alkanes of at least 4 members (excludes halogenated alkanes) is 7. The molecule has 0 atom stereocenters. The Hall–Kier alpha value is -1.08. The molecule has 0 amide bonds. The van der Waals surface area contributed by atoms with Crippen molar-refractivity contribution in [2.45, 2.75) is 64.7 Å². The molecule has 0 nitrogen and oxygen atoms in total. The first-order valence-electron chi connectivity index (χ1n) is 9.42. The number of alkyl halides is 1. The lowest BCUT2D eigenvalue weighted by Gasteiger charge is -2.05. The van der Waals surface area contributed by atoms with Crippen LogP contribution in [0.5, 0.6) is 0 Å². The summed E-state index contributed by atoms with van der Waals surface area (Å²) in [4.78, 5) is 0. The summed E-state index contributed by atoms with van der Waals surface area (Å²) in [7, 11) is 0. The van der Waals surface area contributed by atoms with Gasteiger partial charge >= 0.3 is 0 Å². The van der Waals surface area contributed by atoms with E-state index in [9.17, 15) is 0 Å². The standard InChI is InChI=1S/C22H30.CH3Br/c1-2-3-4-5-6-7-8-10-13-20-16-18-22(19-17-20)21-14-11-9-12-15-21;1-2/h9,11-12,14-19H,2-8,10,13H2,1H3;1H3. The quantitative estimate of drug-likeness (QED) is 0.285. The smallest absolute Gasteiger partial charge is 0.00848 e. The summed E-state index contributed by atoms with van der Waals surface area (Å²) >= 11 is 2.94. The summed E-state index contributed by atoms with van der Waals surface area (Å²) in [5, 5.41) is 0. The molecule has 0 aliphatic heterocycles. The molecule has 0 saturated heterocycles. The topological polar surface area (TPSA) is 0 Å². The predicted octanol–water partition coefficient (Wildman–Crippen LogP) is 8.05. The van der Waals surface area contributed by atoms with Gasteiger partial charge in [-0.2, -0.15) is 0 Å². The van der Waals surface area contributed by atoms with Gasteiger partial charge in [-0.3, -0.25) is 0 Å². The second-order valence-electron chi connectivity index (χ2n) is 6.29. The van der Waals surface area contributed by atoms with Crippen molar-refractivity contribution in [1.82, 2.24) is 0 Å². The highest BCUT2D eigenvalue weighted by Crippen LogP contribution is 2.20. The molecule has 0 aromatic heterocycles. The van der Waals surface area contributed by atoms with Crippen LogP contribution in [0.2, 0.25) is 0 Å². The van der Waals surface area contributed by atoms with Crippen molar-refractivity contribution in [3.05, 3.63) is 60.2 Å². The highest BCUT2D eigenvalue weighted by atomic mass is 79.9. The molecule has 2 aromatic rings. The Morgan fingerprint density at radius 3 is 1.67 bits per heavy atom. The third kappa shape index (κ3) is 8.68. The molecule has 0 aliphatic rings. The molecule has 0 fully saturated rings. The Morgan fingerprint density at radius 1 is 0.583 bits per heavy atom. The summed E-state index contributed by atoms with van der Waals surface area (Å²) in [5.41, 5.74) is 4.10. The van der Waals surface area contributed by atoms with Gasteiger partial charge in [-0.05, 0) is 35.4 Å². The van der Waals surface area contributed by atoms with E-state index in [0.29, 0.717) is 0 Å². The van der Waals surface area contributed by atoms with Gasteiger partial charge in [0.1, 0.15) is 0 Å². The fraction of sp³-hybridized carbons (Fsp3) is 0.478. The van der Waals surface area contributed by atoms with Gasteiger partial charge in [-0.15, -0.1) is 0 Å². The summed E-state index contributed by atoms with van der Waals surface area (Å²) in [6.45, 7) is 2.28. The maximum atomic E-state index is 2.94. The zero-order valence-electron chi connectivity index (χ0n) is 15.4. The molecule has 0 aliphatic carbocycles. The lowest BCUT2D eigenvalue weighted by molar-refractivity contribution is 0.575. The third-order valence-corrected chi connectivity index (χ3v) is 4.38. The normalized spacial score (nSPS) is 10.1. The Labute approximate surface area is 157 Å². The molecule has 0 unspecified atom stereocenters. The first-order chi connectivity index (χ1) is 11.9. The van der Waals surface area contributed by atoms with Crippen LogP contribution in [0.4, 0.5) is 0 Å². The van der Waals surface area contributed by atoms with E-state index in [4.69, 9.17) is 0 Å². The van der Waals surface area contributed by atoms with Crippen LogP contribution < -0.4 is 0 Å². The fourth-order valence-electron chi connectivity index (χ4n) is 2.96. The number of benzene rings is 2. The second kappa shape index (κ2) is 14.3. The van der Waals surface area contributed by atoms with Gasteiger partial charge in [0, 0.05) is 0 Å². The van der Waals surface area contributed by atoms with Crippen molar-refractivity contribution in [3.8, 4) is 11.1 Å². The average Bonchev–Trinajstić information content (AvgIpc) is 2.67. The van der Waals surface area contributed by atoms with Gasteiger partial charge in [0.25, 0.3) is 0 Å². The molecule has 2 rings (SSSR count). The van der Waals surface area contributed by atoms with Crippen LogP contribution in [0.15, 0.2) is 54.6 Å². The van der Waals surface area contributed by atoms with Gasteiger partial charge in [0.15, 0.2) is 0 Å². The van der Waals surface area contributed by atoms with Crippen molar-refractivity contribution in [2.24, 2.45) is 0 Å². The first kappa shape index (κ1) is 21.0. The number of aryl methyl sites for hydroxylation is 1. The highest BCUT2D eigenvalue weighted by Gasteiger charge is 1.98. The summed E-state index contributed by atoms with van der Waals surface area (Å²) < 4.78 is 0. The van der Waals surface area contributed by atoms with Crippen LogP contribution in [-0.4, -0.2) is 5.83 Å². The van der Waals surface area contributed by atoms with Crippen LogP contribution >= 0.6 is 15.9 Å². The van der Waals surface area contributed by atoms with E-state index in [1.165, 1.54) is 74.5 Å². The van der Waals surface area contributed by atoms with Crippen molar-refractivity contribution in [1.29, 1.82) is 0 Å². The monoisotopic (exact) mass is 388 g/mol. The third-order valence-electron chi connectivity index (χ3n) is 4.38. The van der Waals surface area contributed by atoms with Gasteiger partial charge in [0.2, 0.25) is 0 Å². The lowest BCUT2D eigenvalue weighted by Crippen LogP contribution is -1.87. The number of hydrogen-bond acceptors (Lipinski definition) is 0. The Bertz CT molecular complexity index is 501. The van der Waals surface area contributed by atoms with E-state index in [0.717, 1.165) is 0 Å². The van der Waals surface area contributed by atoms with Gasteiger partial charge in [-0.1, -0.05) is 122 Å². The number of halogens is 1. The molecule has 24 heavy (non-hydrogen) atoms. The molecular formula is C23H33Br. The summed E-state index contributed by atoms with van der Waals surface area (Å²) in [5.74, 6) is 1.81. The Kier molecular flexibility index (Phi) is 12.5. The highest BCUT2D eigenvalue weighted by molar-refractivity contribution is 9.08. The van der Waals surface area contributed by atoms with Crippen LogP contribution in [-0.2, 0) is 6.42 Å². The predicted molar refractivity (Wildman–Crippen MR) is 113 cm³/mol. The average molecular weight is 389 g/mol. The number of hydrogen-bond donors (Lipinski definition) is 0. The van der Waals surface area contributed by atoms with Gasteiger partial charge in [0.05, 0.1) is 0 Å². The number of rotatable bonds is 10. The lowest BCUT2D eigenvalue weighted by atomic mass is 10.0. The first-order valence-corrected chi connectivity index (χ1v) is 11.0. The minimum absolute atomic E-state index is 1.23. The summed E-state index contributed by atoms with van der Waals surface area (Å²) in [6.07, 6.45) is 12.4. The van der Waals surface area contributed by atoms with E-state index in [1.807, 2.05) is 5.83 Å². The van der Waals surface area contributed by atoms with Crippen molar-refractivity contribution >= 4 is 15.9 Å². The molecule has 1 heteroatoms. The minimum atomic E-state index is 1.23. The molecule has 0 heterocycles.